The van der Waals surface area contributed by atoms with Gasteiger partial charge in [-0.15, -0.1) is 0 Å². The van der Waals surface area contributed by atoms with Gasteiger partial charge < -0.3 is 15.7 Å². The van der Waals surface area contributed by atoms with E-state index in [4.69, 9.17) is 5.11 Å². The molecular weight excluding hydrogens is 213 g/mol. The molecule has 0 saturated carbocycles. The van der Waals surface area contributed by atoms with Gasteiger partial charge in [-0.1, -0.05) is 0 Å². The first-order valence-electron chi connectivity index (χ1n) is 4.55. The van der Waals surface area contributed by atoms with Gasteiger partial charge in [-0.3, -0.25) is 4.79 Å². The van der Waals surface area contributed by atoms with Crippen LogP contribution in [0.2, 0.25) is 0 Å². The maximum Gasteiger partial charge on any atom is 0.415 e. The fraction of sp³-hybridized carbons (Fsp3) is 0.875. The Morgan fingerprint density at radius 1 is 1.47 bits per heavy atom. The van der Waals surface area contributed by atoms with E-state index in [9.17, 15) is 18.0 Å². The Balaban J connectivity index is 3.90. The standard InChI is InChI=1S/C8H15F3N2O2/c1-3-12-7(15)5(2)13-4-6(14)8(9,10)11/h5-6,13-14H,3-4H2,1-2H3,(H,12,15). The first-order chi connectivity index (χ1) is 6.79. The number of amides is 1. The van der Waals surface area contributed by atoms with Gasteiger partial charge in [0.25, 0.3) is 0 Å². The first kappa shape index (κ1) is 14.2. The highest BCUT2D eigenvalue weighted by Crippen LogP contribution is 2.19. The van der Waals surface area contributed by atoms with Crippen LogP contribution in [0.1, 0.15) is 13.8 Å². The minimum absolute atomic E-state index is 0.396. The lowest BCUT2D eigenvalue weighted by atomic mass is 10.2. The highest BCUT2D eigenvalue weighted by atomic mass is 19.4. The van der Waals surface area contributed by atoms with Crippen molar-refractivity contribution in [3.8, 4) is 0 Å². The summed E-state index contributed by atoms with van der Waals surface area (Å²) < 4.78 is 35.6. The van der Waals surface area contributed by atoms with E-state index in [-0.39, 0.29) is 0 Å². The molecule has 0 aromatic rings. The van der Waals surface area contributed by atoms with Crippen molar-refractivity contribution in [1.82, 2.24) is 10.6 Å². The molecule has 0 rings (SSSR count). The van der Waals surface area contributed by atoms with E-state index in [0.717, 1.165) is 0 Å². The molecule has 0 radical (unpaired) electrons. The summed E-state index contributed by atoms with van der Waals surface area (Å²) in [5.41, 5.74) is 0. The molecule has 2 unspecified atom stereocenters. The number of hydrogen-bond acceptors (Lipinski definition) is 3. The molecule has 0 spiro atoms. The predicted molar refractivity (Wildman–Crippen MR) is 48.2 cm³/mol. The number of nitrogens with one attached hydrogen (secondary N) is 2. The quantitative estimate of drug-likeness (QED) is 0.622. The molecule has 0 heterocycles. The van der Waals surface area contributed by atoms with Crippen LogP contribution in [0.25, 0.3) is 0 Å². The summed E-state index contributed by atoms with van der Waals surface area (Å²) in [5, 5.41) is 13.4. The van der Waals surface area contributed by atoms with Gasteiger partial charge in [0.05, 0.1) is 6.04 Å². The van der Waals surface area contributed by atoms with Gasteiger partial charge in [0.1, 0.15) is 0 Å². The molecule has 2 atom stereocenters. The van der Waals surface area contributed by atoms with Crippen LogP contribution in [-0.4, -0.2) is 42.4 Å². The van der Waals surface area contributed by atoms with E-state index in [1.165, 1.54) is 6.92 Å². The minimum atomic E-state index is -4.66. The van der Waals surface area contributed by atoms with Crippen molar-refractivity contribution in [2.75, 3.05) is 13.1 Å². The van der Waals surface area contributed by atoms with Crippen LogP contribution in [0, 0.1) is 0 Å². The third kappa shape index (κ3) is 5.58. The Morgan fingerprint density at radius 2 is 2.00 bits per heavy atom. The van der Waals surface area contributed by atoms with E-state index in [1.807, 2.05) is 0 Å². The fourth-order valence-electron chi connectivity index (χ4n) is 0.824. The van der Waals surface area contributed by atoms with Crippen LogP contribution in [-0.2, 0) is 4.79 Å². The SMILES string of the molecule is CCNC(=O)C(C)NCC(O)C(F)(F)F. The number of hydrogen-bond donors (Lipinski definition) is 3. The van der Waals surface area contributed by atoms with E-state index >= 15 is 0 Å². The molecule has 0 bridgehead atoms. The molecule has 0 aliphatic heterocycles. The number of carbonyl (C=O) groups excluding carboxylic acids is 1. The molecule has 4 nitrogen and oxygen atoms in total. The number of halogens is 3. The van der Waals surface area contributed by atoms with E-state index < -0.39 is 30.8 Å². The fourth-order valence-corrected chi connectivity index (χ4v) is 0.824. The van der Waals surface area contributed by atoms with Crippen LogP contribution >= 0.6 is 0 Å². The summed E-state index contributed by atoms with van der Waals surface area (Å²) in [6.07, 6.45) is -7.11. The predicted octanol–water partition coefficient (Wildman–Crippen LogP) is 0.0238. The van der Waals surface area contributed by atoms with Crippen molar-refractivity contribution < 1.29 is 23.1 Å². The monoisotopic (exact) mass is 228 g/mol. The summed E-state index contributed by atoms with van der Waals surface area (Å²) in [6.45, 7) is 2.84. The lowest BCUT2D eigenvalue weighted by Crippen LogP contribution is -2.47. The molecular formula is C8H15F3N2O2. The number of likely N-dealkylation sites (N-methyl/N-ethyl adjacent to an activating group) is 1. The topological polar surface area (TPSA) is 61.4 Å². The maximum atomic E-state index is 11.9. The van der Waals surface area contributed by atoms with Gasteiger partial charge in [-0.25, -0.2) is 0 Å². The summed E-state index contributed by atoms with van der Waals surface area (Å²) in [6, 6.07) is -0.762. The van der Waals surface area contributed by atoms with Crippen molar-refractivity contribution in [3.63, 3.8) is 0 Å². The van der Waals surface area contributed by atoms with Gasteiger partial charge in [0, 0.05) is 13.1 Å². The normalized spacial score (nSPS) is 15.9. The Hall–Kier alpha value is -0.820. The van der Waals surface area contributed by atoms with Gasteiger partial charge in [-0.05, 0) is 13.8 Å². The molecule has 90 valence electrons. The first-order valence-corrected chi connectivity index (χ1v) is 4.55. The van der Waals surface area contributed by atoms with E-state index in [0.29, 0.717) is 6.54 Å². The van der Waals surface area contributed by atoms with E-state index in [1.54, 1.807) is 6.92 Å². The van der Waals surface area contributed by atoms with E-state index in [2.05, 4.69) is 10.6 Å². The van der Waals surface area contributed by atoms with Crippen molar-refractivity contribution in [2.45, 2.75) is 32.2 Å². The molecule has 0 aromatic heterocycles. The van der Waals surface area contributed by atoms with Crippen molar-refractivity contribution >= 4 is 5.91 Å². The molecule has 0 aliphatic carbocycles. The Kier molecular flexibility index (Phi) is 5.59. The van der Waals surface area contributed by atoms with Crippen LogP contribution in [0.4, 0.5) is 13.2 Å². The zero-order valence-corrected chi connectivity index (χ0v) is 8.56. The summed E-state index contributed by atoms with van der Waals surface area (Å²) in [5.74, 6) is -0.396. The molecule has 0 aliphatic rings. The number of rotatable bonds is 5. The third-order valence-electron chi connectivity index (χ3n) is 1.74. The number of aliphatic hydroxyl groups is 1. The lowest BCUT2D eigenvalue weighted by molar-refractivity contribution is -0.202. The summed E-state index contributed by atoms with van der Waals surface area (Å²) in [7, 11) is 0. The molecule has 3 N–H and O–H groups in total. The summed E-state index contributed by atoms with van der Waals surface area (Å²) >= 11 is 0. The van der Waals surface area contributed by atoms with Gasteiger partial charge in [0.15, 0.2) is 6.10 Å². The van der Waals surface area contributed by atoms with Gasteiger partial charge in [0.2, 0.25) is 5.91 Å². The van der Waals surface area contributed by atoms with Crippen LogP contribution < -0.4 is 10.6 Å². The average Bonchev–Trinajstić information content (AvgIpc) is 2.12. The Morgan fingerprint density at radius 3 is 2.40 bits per heavy atom. The van der Waals surface area contributed by atoms with Crippen molar-refractivity contribution in [3.05, 3.63) is 0 Å². The van der Waals surface area contributed by atoms with Crippen LogP contribution in [0.3, 0.4) is 0 Å². The van der Waals surface area contributed by atoms with Crippen LogP contribution in [0.5, 0.6) is 0 Å². The average molecular weight is 228 g/mol. The third-order valence-corrected chi connectivity index (χ3v) is 1.74. The van der Waals surface area contributed by atoms with Crippen molar-refractivity contribution in [2.24, 2.45) is 0 Å². The molecule has 0 aromatic carbocycles. The summed E-state index contributed by atoms with van der Waals surface area (Å²) in [4.78, 5) is 11.1. The van der Waals surface area contributed by atoms with Gasteiger partial charge in [-0.2, -0.15) is 13.2 Å². The lowest BCUT2D eigenvalue weighted by Gasteiger charge is -2.18. The highest BCUT2D eigenvalue weighted by molar-refractivity contribution is 5.81. The second-order valence-corrected chi connectivity index (χ2v) is 3.08. The molecule has 15 heavy (non-hydrogen) atoms. The number of alkyl halides is 3. The Labute approximate surface area is 85.8 Å². The second kappa shape index (κ2) is 5.92. The zero-order valence-electron chi connectivity index (χ0n) is 8.56. The molecule has 1 amide bonds. The number of carbonyl (C=O) groups is 1. The van der Waals surface area contributed by atoms with Crippen LogP contribution in [0.15, 0.2) is 0 Å². The smallest absolute Gasteiger partial charge is 0.382 e. The minimum Gasteiger partial charge on any atom is -0.382 e. The number of aliphatic hydroxyl groups excluding tert-OH is 1. The Bertz CT molecular complexity index is 209. The molecule has 0 fully saturated rings. The largest absolute Gasteiger partial charge is 0.415 e. The highest BCUT2D eigenvalue weighted by Gasteiger charge is 2.38. The maximum absolute atomic E-state index is 11.9. The second-order valence-electron chi connectivity index (χ2n) is 3.08. The zero-order chi connectivity index (χ0) is 12.1. The van der Waals surface area contributed by atoms with Gasteiger partial charge >= 0.3 is 6.18 Å². The molecule has 0 saturated heterocycles. The van der Waals surface area contributed by atoms with Crippen molar-refractivity contribution in [1.29, 1.82) is 0 Å². The molecule has 7 heteroatoms.